The second kappa shape index (κ2) is 24.2. The number of carbonyl (C=O) groups excluding carboxylic acids is 2. The van der Waals surface area contributed by atoms with Crippen molar-refractivity contribution < 1.29 is 19.5 Å². The average Bonchev–Trinajstić information content (AvgIpc) is 3.35. The van der Waals surface area contributed by atoms with Crippen LogP contribution in [0.15, 0.2) is 48.5 Å². The first-order valence-electron chi connectivity index (χ1n) is 11.4. The zero-order chi connectivity index (χ0) is 27.8. The monoisotopic (exact) mass is 538 g/mol. The van der Waals surface area contributed by atoms with Gasteiger partial charge in [-0.2, -0.15) is 11.8 Å². The molecule has 0 aromatic heterocycles. The molecule has 1 fully saturated rings. The number of anilines is 1. The van der Waals surface area contributed by atoms with Crippen LogP contribution in [0.4, 0.5) is 5.69 Å². The lowest BCUT2D eigenvalue weighted by Gasteiger charge is -2.08. The maximum Gasteiger partial charge on any atom is 0.290 e. The van der Waals surface area contributed by atoms with Crippen molar-refractivity contribution in [3.63, 3.8) is 0 Å². The Kier molecular flexibility index (Phi) is 23.9. The molecule has 2 unspecified atom stereocenters. The fourth-order valence-corrected chi connectivity index (χ4v) is 3.64. The van der Waals surface area contributed by atoms with Gasteiger partial charge in [-0.05, 0) is 74.6 Å². The highest BCUT2D eigenvalue weighted by Crippen LogP contribution is 2.26. The van der Waals surface area contributed by atoms with Crippen molar-refractivity contribution in [1.29, 1.82) is 0 Å². The summed E-state index contributed by atoms with van der Waals surface area (Å²) in [4.78, 5) is 26.8. The first kappa shape index (κ1) is 35.6. The van der Waals surface area contributed by atoms with Crippen LogP contribution in [0.3, 0.4) is 0 Å². The van der Waals surface area contributed by atoms with Gasteiger partial charge in [0.2, 0.25) is 5.91 Å². The van der Waals surface area contributed by atoms with Crippen molar-refractivity contribution in [2.75, 3.05) is 30.3 Å². The number of hydrogen-bond acceptors (Lipinski definition) is 8. The third-order valence-corrected chi connectivity index (χ3v) is 5.97. The molecule has 2 aromatic rings. The van der Waals surface area contributed by atoms with E-state index in [1.165, 1.54) is 28.9 Å². The Morgan fingerprint density at radius 2 is 1.89 bits per heavy atom. The summed E-state index contributed by atoms with van der Waals surface area (Å²) in [5.74, 6) is 1.41. The van der Waals surface area contributed by atoms with Gasteiger partial charge in [0.1, 0.15) is 6.79 Å². The number of rotatable bonds is 7. The number of thiol groups is 1. The van der Waals surface area contributed by atoms with Crippen molar-refractivity contribution in [2.24, 2.45) is 5.73 Å². The van der Waals surface area contributed by atoms with Gasteiger partial charge in [0.05, 0.1) is 0 Å². The molecule has 3 rings (SSSR count). The molecule has 202 valence electrons. The van der Waals surface area contributed by atoms with Crippen LogP contribution in [-0.2, 0) is 14.4 Å². The number of nitrogens with one attached hydrogen (secondary N) is 3. The van der Waals surface area contributed by atoms with E-state index in [-0.39, 0.29) is 18.4 Å². The Morgan fingerprint density at radius 1 is 1.28 bits per heavy atom. The summed E-state index contributed by atoms with van der Waals surface area (Å²) in [6, 6.07) is 17.5. The number of carboxylic acid groups (broad SMARTS) is 1. The minimum absolute atomic E-state index is 0.139. The van der Waals surface area contributed by atoms with Crippen molar-refractivity contribution in [2.45, 2.75) is 45.2 Å². The predicted molar refractivity (Wildman–Crippen MR) is 157 cm³/mol. The molecule has 1 aliphatic rings. The van der Waals surface area contributed by atoms with Crippen molar-refractivity contribution in [1.82, 2.24) is 10.6 Å². The minimum atomic E-state index is -0.250. The van der Waals surface area contributed by atoms with Gasteiger partial charge < -0.3 is 31.0 Å². The molecule has 10 heteroatoms. The summed E-state index contributed by atoms with van der Waals surface area (Å²) in [5, 5.41) is 12.8. The summed E-state index contributed by atoms with van der Waals surface area (Å²) in [5.41, 5.74) is 10.1. The summed E-state index contributed by atoms with van der Waals surface area (Å²) in [7, 11) is 2.00. The van der Waals surface area contributed by atoms with Gasteiger partial charge in [0.15, 0.2) is 0 Å². The normalized spacial score (nSPS) is 13.9. The largest absolute Gasteiger partial charge is 0.483 e. The Morgan fingerprint density at radius 3 is 2.31 bits per heavy atom. The average molecular weight is 539 g/mol. The van der Waals surface area contributed by atoms with Gasteiger partial charge in [-0.3, -0.25) is 9.59 Å². The second-order valence-electron chi connectivity index (χ2n) is 7.62. The molecule has 1 amide bonds. The zero-order valence-electron chi connectivity index (χ0n) is 21.7. The second-order valence-corrected chi connectivity index (χ2v) is 8.83. The van der Waals surface area contributed by atoms with E-state index in [2.05, 4.69) is 84.7 Å². The van der Waals surface area contributed by atoms with Crippen LogP contribution >= 0.6 is 24.6 Å². The third kappa shape index (κ3) is 17.0. The van der Waals surface area contributed by atoms with Gasteiger partial charge in [-0.25, -0.2) is 0 Å². The molecular formula is C26H42N4O4S2. The molecule has 6 N–H and O–H groups in total. The van der Waals surface area contributed by atoms with E-state index in [0.717, 1.165) is 12.1 Å². The molecule has 0 saturated carbocycles. The Balaban J connectivity index is 0. The molecule has 2 atom stereocenters. The zero-order valence-corrected chi connectivity index (χ0v) is 23.4. The number of thioether (sulfide) groups is 1. The van der Waals surface area contributed by atoms with Crippen LogP contribution in [-0.4, -0.2) is 62.0 Å². The number of aryl methyl sites for hydroxylation is 1. The highest BCUT2D eigenvalue weighted by molar-refractivity contribution is 7.98. The molecule has 8 nitrogen and oxygen atoms in total. The maximum atomic E-state index is 10.4. The van der Waals surface area contributed by atoms with E-state index in [9.17, 15) is 4.79 Å². The first-order valence-corrected chi connectivity index (χ1v) is 13.3. The van der Waals surface area contributed by atoms with E-state index in [1.807, 2.05) is 37.7 Å². The van der Waals surface area contributed by atoms with Crippen LogP contribution < -0.4 is 21.1 Å². The van der Waals surface area contributed by atoms with Crippen LogP contribution in [0.2, 0.25) is 0 Å². The molecule has 0 aliphatic carbocycles. The summed E-state index contributed by atoms with van der Waals surface area (Å²) in [6.07, 6.45) is 4.98. The van der Waals surface area contributed by atoms with Gasteiger partial charge in [-0.15, -0.1) is 0 Å². The molecule has 1 heterocycles. The Hall–Kier alpha value is -2.53. The summed E-state index contributed by atoms with van der Waals surface area (Å²) < 4.78 is 2.86. The molecular weight excluding hydrogens is 496 g/mol. The number of carbonyl (C=O) groups is 3. The fourth-order valence-electron chi connectivity index (χ4n) is 2.91. The van der Waals surface area contributed by atoms with Gasteiger partial charge in [0, 0.05) is 30.7 Å². The smallest absolute Gasteiger partial charge is 0.290 e. The lowest BCUT2D eigenvalue weighted by molar-refractivity contribution is -0.123. The molecule has 0 radical (unpaired) electrons. The summed E-state index contributed by atoms with van der Waals surface area (Å²) in [6.45, 7) is 6.65. The fraction of sp³-hybridized carbons (Fsp3) is 0.423. The maximum absolute atomic E-state index is 10.4. The number of amides is 1. The number of nitrogens with two attached hydrogens (primary N) is 1. The quantitative estimate of drug-likeness (QED) is 0.230. The van der Waals surface area contributed by atoms with Crippen molar-refractivity contribution in [3.05, 3.63) is 54.1 Å². The standard InChI is InChI=1S/C13H13NS.C6H15NS.C5H10N2O.CH2O2.CH2O/c1-10-7-8-12(14-15)9-13(10)11-5-3-2-4-6-11;1-6(7-2)4-5-8-3;6-3-4-1-2-5(8)7-4;2-1-3;1-2/h2-9,14-15H,1H3;6-7H,4-5H2,1-3H3;4H,1-3,6H2,(H,7,8);1H,(H,2,3);1H2. The topological polar surface area (TPSA) is 134 Å². The van der Waals surface area contributed by atoms with Gasteiger partial charge in [0.25, 0.3) is 6.47 Å². The Labute approximate surface area is 225 Å². The molecule has 1 saturated heterocycles. The van der Waals surface area contributed by atoms with Crippen LogP contribution in [0.25, 0.3) is 11.1 Å². The van der Waals surface area contributed by atoms with E-state index in [1.54, 1.807) is 0 Å². The van der Waals surface area contributed by atoms with Crippen molar-refractivity contribution >= 4 is 49.4 Å². The van der Waals surface area contributed by atoms with Crippen molar-refractivity contribution in [3.8, 4) is 11.1 Å². The van der Waals surface area contributed by atoms with E-state index in [4.69, 9.17) is 20.4 Å². The van der Waals surface area contributed by atoms with E-state index >= 15 is 0 Å². The molecule has 36 heavy (non-hydrogen) atoms. The predicted octanol–water partition coefficient (Wildman–Crippen LogP) is 4.01. The van der Waals surface area contributed by atoms with Crippen LogP contribution in [0, 0.1) is 6.92 Å². The molecule has 0 spiro atoms. The van der Waals surface area contributed by atoms with Gasteiger partial charge in [-0.1, -0.05) is 49.2 Å². The minimum Gasteiger partial charge on any atom is -0.483 e. The number of hydrogen-bond donors (Lipinski definition) is 6. The van der Waals surface area contributed by atoms with Gasteiger partial charge >= 0.3 is 0 Å². The lowest BCUT2D eigenvalue weighted by atomic mass is 10.0. The van der Waals surface area contributed by atoms with Crippen LogP contribution in [0.5, 0.6) is 0 Å². The molecule has 1 aliphatic heterocycles. The Bertz CT molecular complexity index is 829. The highest BCUT2D eigenvalue weighted by atomic mass is 32.2. The van der Waals surface area contributed by atoms with Crippen LogP contribution in [0.1, 0.15) is 31.7 Å². The van der Waals surface area contributed by atoms with E-state index < -0.39 is 0 Å². The SMILES string of the molecule is C=O.CNC(C)CCSC.Cc1ccc(NS)cc1-c1ccccc1.NCC1CCC(=O)N1.O=CO. The summed E-state index contributed by atoms with van der Waals surface area (Å²) >= 11 is 5.96. The highest BCUT2D eigenvalue weighted by Gasteiger charge is 2.18. The first-order chi connectivity index (χ1) is 17.4. The lowest BCUT2D eigenvalue weighted by Crippen LogP contribution is -2.32. The molecule has 0 bridgehead atoms. The van der Waals surface area contributed by atoms with E-state index in [0.29, 0.717) is 19.0 Å². The third-order valence-electron chi connectivity index (χ3n) is 5.07. The number of benzene rings is 2. The molecule has 2 aromatic carbocycles.